The van der Waals surface area contributed by atoms with Crippen LogP contribution in [0, 0.1) is 0 Å². The number of benzene rings is 1. The summed E-state index contributed by atoms with van der Waals surface area (Å²) in [6.07, 6.45) is 3.52. The fourth-order valence-electron chi connectivity index (χ4n) is 2.23. The van der Waals surface area contributed by atoms with Crippen molar-refractivity contribution in [2.45, 2.75) is 12.3 Å². The molecule has 112 valence electrons. The molecule has 0 spiro atoms. The average molecular weight is 313 g/mol. The molecule has 2 N–H and O–H groups in total. The maximum absolute atomic E-state index is 11.9. The largest absolute Gasteiger partial charge is 0.348 e. The summed E-state index contributed by atoms with van der Waals surface area (Å²) in [6, 6.07) is 9.28. The molecule has 0 bridgehead atoms. The van der Waals surface area contributed by atoms with E-state index in [2.05, 4.69) is 15.6 Å². The zero-order valence-corrected chi connectivity index (χ0v) is 12.7. The number of fused-ring (bicyclic) bond motifs is 1. The quantitative estimate of drug-likeness (QED) is 0.888. The minimum Gasteiger partial charge on any atom is -0.348 e. The number of rotatable bonds is 5. The molecule has 1 aliphatic rings. The Kier molecular flexibility index (Phi) is 4.39. The van der Waals surface area contributed by atoms with Gasteiger partial charge in [-0.15, -0.1) is 11.8 Å². The molecule has 0 aliphatic carbocycles. The summed E-state index contributed by atoms with van der Waals surface area (Å²) in [5.41, 5.74) is 3.35. The molecule has 0 saturated carbocycles. The molecular formula is C16H15N3O2S. The summed E-state index contributed by atoms with van der Waals surface area (Å²) < 4.78 is 0. The highest BCUT2D eigenvalue weighted by molar-refractivity contribution is 7.99. The predicted molar refractivity (Wildman–Crippen MR) is 86.6 cm³/mol. The van der Waals surface area contributed by atoms with Crippen molar-refractivity contribution in [3.05, 3.63) is 59.4 Å². The van der Waals surface area contributed by atoms with Crippen LogP contribution in [0.5, 0.6) is 0 Å². The first-order valence-electron chi connectivity index (χ1n) is 6.90. The fraction of sp³-hybridized carbons (Fsp3) is 0.188. The van der Waals surface area contributed by atoms with Crippen LogP contribution in [0.3, 0.4) is 0 Å². The minimum absolute atomic E-state index is 0.0766. The van der Waals surface area contributed by atoms with Gasteiger partial charge in [0.2, 0.25) is 5.91 Å². The van der Waals surface area contributed by atoms with Gasteiger partial charge in [-0.25, -0.2) is 0 Å². The van der Waals surface area contributed by atoms with Gasteiger partial charge in [0.25, 0.3) is 5.91 Å². The molecule has 0 saturated heterocycles. The van der Waals surface area contributed by atoms with Gasteiger partial charge in [-0.2, -0.15) is 0 Å². The van der Waals surface area contributed by atoms with Crippen LogP contribution in [0.15, 0.2) is 42.7 Å². The van der Waals surface area contributed by atoms with Crippen LogP contribution in [0.2, 0.25) is 0 Å². The molecule has 3 rings (SSSR count). The van der Waals surface area contributed by atoms with Crippen LogP contribution >= 0.6 is 11.8 Å². The second kappa shape index (κ2) is 6.62. The van der Waals surface area contributed by atoms with E-state index in [1.807, 2.05) is 24.3 Å². The van der Waals surface area contributed by atoms with E-state index >= 15 is 0 Å². The minimum atomic E-state index is -0.0861. The molecule has 22 heavy (non-hydrogen) atoms. The molecule has 1 aliphatic heterocycles. The SMILES string of the molecule is O=C(CSCc1cccnc1)Nc1ccc2c(c1)C(=O)NC2. The van der Waals surface area contributed by atoms with Gasteiger partial charge in [0.1, 0.15) is 0 Å². The Balaban J connectivity index is 1.52. The maximum Gasteiger partial charge on any atom is 0.251 e. The highest BCUT2D eigenvalue weighted by Gasteiger charge is 2.18. The number of carbonyl (C=O) groups excluding carboxylic acids is 2. The van der Waals surface area contributed by atoms with E-state index in [-0.39, 0.29) is 11.8 Å². The monoisotopic (exact) mass is 313 g/mol. The van der Waals surface area contributed by atoms with Crippen molar-refractivity contribution >= 4 is 29.3 Å². The van der Waals surface area contributed by atoms with E-state index in [4.69, 9.17) is 0 Å². The second-order valence-electron chi connectivity index (χ2n) is 4.96. The Labute approximate surface area is 132 Å². The van der Waals surface area contributed by atoms with Crippen LogP contribution in [0.4, 0.5) is 5.69 Å². The van der Waals surface area contributed by atoms with E-state index in [1.54, 1.807) is 18.5 Å². The van der Waals surface area contributed by atoms with Crippen LogP contribution in [-0.4, -0.2) is 22.6 Å². The Morgan fingerprint density at radius 2 is 2.27 bits per heavy atom. The van der Waals surface area contributed by atoms with Crippen molar-refractivity contribution < 1.29 is 9.59 Å². The van der Waals surface area contributed by atoms with Gasteiger partial charge < -0.3 is 10.6 Å². The normalized spacial score (nSPS) is 12.6. The van der Waals surface area contributed by atoms with Crippen molar-refractivity contribution in [1.29, 1.82) is 0 Å². The third-order valence-corrected chi connectivity index (χ3v) is 4.31. The van der Waals surface area contributed by atoms with Crippen molar-refractivity contribution in [3.63, 3.8) is 0 Å². The Morgan fingerprint density at radius 3 is 3.09 bits per heavy atom. The summed E-state index contributed by atoms with van der Waals surface area (Å²) >= 11 is 1.53. The van der Waals surface area contributed by atoms with Crippen LogP contribution < -0.4 is 10.6 Å². The lowest BCUT2D eigenvalue weighted by Gasteiger charge is -2.06. The number of nitrogens with zero attached hydrogens (tertiary/aromatic N) is 1. The zero-order chi connectivity index (χ0) is 15.4. The summed E-state index contributed by atoms with van der Waals surface area (Å²) in [4.78, 5) is 27.6. The number of pyridine rings is 1. The number of hydrogen-bond acceptors (Lipinski definition) is 4. The number of nitrogens with one attached hydrogen (secondary N) is 2. The lowest BCUT2D eigenvalue weighted by atomic mass is 10.1. The van der Waals surface area contributed by atoms with Gasteiger partial charge >= 0.3 is 0 Å². The third-order valence-electron chi connectivity index (χ3n) is 3.30. The molecule has 5 nitrogen and oxygen atoms in total. The van der Waals surface area contributed by atoms with Crippen molar-refractivity contribution in [2.24, 2.45) is 0 Å². The first-order valence-corrected chi connectivity index (χ1v) is 8.05. The number of thioether (sulfide) groups is 1. The molecule has 0 unspecified atom stereocenters. The van der Waals surface area contributed by atoms with Gasteiger partial charge in [-0.1, -0.05) is 12.1 Å². The van der Waals surface area contributed by atoms with E-state index in [0.29, 0.717) is 23.5 Å². The molecular weight excluding hydrogens is 298 g/mol. The molecule has 6 heteroatoms. The van der Waals surface area contributed by atoms with Gasteiger partial charge in [-0.05, 0) is 29.3 Å². The van der Waals surface area contributed by atoms with Crippen molar-refractivity contribution in [3.8, 4) is 0 Å². The number of anilines is 1. The van der Waals surface area contributed by atoms with Gasteiger partial charge in [0.05, 0.1) is 5.75 Å². The summed E-state index contributed by atoms with van der Waals surface area (Å²) in [5.74, 6) is 0.941. The van der Waals surface area contributed by atoms with E-state index in [9.17, 15) is 9.59 Å². The average Bonchev–Trinajstić information content (AvgIpc) is 2.89. The summed E-state index contributed by atoms with van der Waals surface area (Å²) in [6.45, 7) is 0.559. The topological polar surface area (TPSA) is 71.1 Å². The number of amides is 2. The lowest BCUT2D eigenvalue weighted by molar-refractivity contribution is -0.113. The highest BCUT2D eigenvalue weighted by Crippen LogP contribution is 2.20. The Morgan fingerprint density at radius 1 is 1.36 bits per heavy atom. The molecule has 1 aromatic heterocycles. The van der Waals surface area contributed by atoms with Crippen molar-refractivity contribution in [1.82, 2.24) is 10.3 Å². The smallest absolute Gasteiger partial charge is 0.251 e. The molecule has 0 atom stereocenters. The number of aromatic nitrogens is 1. The number of hydrogen-bond donors (Lipinski definition) is 2. The van der Waals surface area contributed by atoms with E-state index in [1.165, 1.54) is 11.8 Å². The van der Waals surface area contributed by atoms with Crippen LogP contribution in [0.25, 0.3) is 0 Å². The summed E-state index contributed by atoms with van der Waals surface area (Å²) in [5, 5.41) is 5.58. The lowest BCUT2D eigenvalue weighted by Crippen LogP contribution is -2.15. The zero-order valence-electron chi connectivity index (χ0n) is 11.8. The fourth-order valence-corrected chi connectivity index (χ4v) is 3.00. The third kappa shape index (κ3) is 3.46. The van der Waals surface area contributed by atoms with E-state index < -0.39 is 0 Å². The second-order valence-corrected chi connectivity index (χ2v) is 5.94. The highest BCUT2D eigenvalue weighted by atomic mass is 32.2. The first kappa shape index (κ1) is 14.6. The maximum atomic E-state index is 11.9. The molecule has 1 aromatic carbocycles. The van der Waals surface area contributed by atoms with E-state index in [0.717, 1.165) is 16.9 Å². The van der Waals surface area contributed by atoms with Crippen LogP contribution in [0.1, 0.15) is 21.5 Å². The number of carbonyl (C=O) groups is 2. The molecule has 2 heterocycles. The molecule has 0 fully saturated rings. The van der Waals surface area contributed by atoms with Gasteiger partial charge in [0.15, 0.2) is 0 Å². The Hall–Kier alpha value is -2.34. The molecule has 0 radical (unpaired) electrons. The standard InChI is InChI=1S/C16H15N3O2S/c20-15(10-22-9-11-2-1-5-17-7-11)19-13-4-3-12-8-18-16(21)14(12)6-13/h1-7H,8-10H2,(H,18,21)(H,19,20). The first-order chi connectivity index (χ1) is 10.7. The molecule has 2 amide bonds. The van der Waals surface area contributed by atoms with Crippen LogP contribution in [-0.2, 0) is 17.1 Å². The van der Waals surface area contributed by atoms with Crippen molar-refractivity contribution in [2.75, 3.05) is 11.1 Å². The predicted octanol–water partition coefficient (Wildman–Crippen LogP) is 2.20. The molecule has 2 aromatic rings. The van der Waals surface area contributed by atoms with Gasteiger partial charge in [-0.3, -0.25) is 14.6 Å². The Bertz CT molecular complexity index is 704. The summed E-state index contributed by atoms with van der Waals surface area (Å²) in [7, 11) is 0. The van der Waals surface area contributed by atoms with Gasteiger partial charge in [0, 0.05) is 35.9 Å².